The number of aryl methyl sites for hydroxylation is 2. The number of benzene rings is 1. The van der Waals surface area contributed by atoms with E-state index in [0.29, 0.717) is 30.0 Å². The Morgan fingerprint density at radius 1 is 1.21 bits per heavy atom. The van der Waals surface area contributed by atoms with Crippen molar-refractivity contribution in [2.45, 2.75) is 31.7 Å². The van der Waals surface area contributed by atoms with Crippen LogP contribution < -0.4 is 9.03 Å². The molecule has 0 aliphatic carbocycles. The molecule has 11 nitrogen and oxygen atoms in total. The molecule has 1 aliphatic rings. The van der Waals surface area contributed by atoms with Crippen LogP contribution in [0.3, 0.4) is 0 Å². The van der Waals surface area contributed by atoms with Crippen LogP contribution in [0, 0.1) is 6.92 Å². The number of nitrogens with one attached hydrogen (secondary N) is 1. The molecule has 0 fully saturated rings. The number of rotatable bonds is 10. The number of hydrogen-bond acceptors (Lipinski definition) is 8. The minimum Gasteiger partial charge on any atom is -0.457 e. The monoisotopic (exact) mass is 498 g/mol. The Balaban J connectivity index is 1.50. The van der Waals surface area contributed by atoms with Crippen molar-refractivity contribution in [3.63, 3.8) is 0 Å². The highest BCUT2D eigenvalue weighted by Crippen LogP contribution is 2.31. The summed E-state index contributed by atoms with van der Waals surface area (Å²) in [6, 6.07) is 4.69. The van der Waals surface area contributed by atoms with E-state index in [1.54, 1.807) is 37.6 Å². The van der Waals surface area contributed by atoms with Crippen LogP contribution in [-0.2, 0) is 43.0 Å². The molecule has 1 aromatic heterocycles. The van der Waals surface area contributed by atoms with Crippen molar-refractivity contribution >= 4 is 37.5 Å². The highest BCUT2D eigenvalue weighted by Gasteiger charge is 2.28. The van der Waals surface area contributed by atoms with Crippen LogP contribution in [0.2, 0.25) is 0 Å². The summed E-state index contributed by atoms with van der Waals surface area (Å²) in [5.74, 6) is -0.655. The lowest BCUT2D eigenvalue weighted by Crippen LogP contribution is -2.30. The topological polar surface area (TPSA) is 145 Å². The summed E-state index contributed by atoms with van der Waals surface area (Å²) in [5.41, 5.74) is 1.60. The van der Waals surface area contributed by atoms with E-state index < -0.39 is 38.4 Å². The molecule has 0 saturated carbocycles. The Morgan fingerprint density at radius 3 is 2.58 bits per heavy atom. The predicted octanol–water partition coefficient (Wildman–Crippen LogP) is 0.535. The second-order valence-electron chi connectivity index (χ2n) is 7.54. The molecule has 1 aromatic carbocycles. The number of imidazole rings is 1. The first-order valence-corrected chi connectivity index (χ1v) is 13.4. The first kappa shape index (κ1) is 24.9. The van der Waals surface area contributed by atoms with Gasteiger partial charge in [-0.3, -0.25) is 13.9 Å². The van der Waals surface area contributed by atoms with Gasteiger partial charge in [0, 0.05) is 31.9 Å². The maximum atomic E-state index is 12.4. The highest BCUT2D eigenvalue weighted by atomic mass is 32.2. The molecule has 180 valence electrons. The summed E-state index contributed by atoms with van der Waals surface area (Å²) in [6.45, 7) is 2.86. The highest BCUT2D eigenvalue weighted by molar-refractivity contribution is 7.92. The third kappa shape index (κ3) is 5.60. The van der Waals surface area contributed by atoms with Gasteiger partial charge in [0.25, 0.3) is 10.0 Å². The van der Waals surface area contributed by atoms with Crippen LogP contribution in [0.1, 0.15) is 35.1 Å². The van der Waals surface area contributed by atoms with E-state index in [9.17, 15) is 26.4 Å². The SMILES string of the molecule is CCS(=O)(=O)N1CCc2cc(C(=O)COC(=O)CCNS(=O)(=O)c3cn(C)c(C)n3)ccc21. The van der Waals surface area contributed by atoms with Gasteiger partial charge in [-0.15, -0.1) is 0 Å². The number of aromatic nitrogens is 2. The number of ketones is 1. The van der Waals surface area contributed by atoms with E-state index in [1.165, 1.54) is 16.6 Å². The Hall–Kier alpha value is -2.77. The minimum atomic E-state index is -3.86. The summed E-state index contributed by atoms with van der Waals surface area (Å²) in [6.07, 6.45) is 1.60. The van der Waals surface area contributed by atoms with Gasteiger partial charge >= 0.3 is 5.97 Å². The smallest absolute Gasteiger partial charge is 0.307 e. The molecule has 0 bridgehead atoms. The van der Waals surface area contributed by atoms with Crippen molar-refractivity contribution in [1.29, 1.82) is 0 Å². The summed E-state index contributed by atoms with van der Waals surface area (Å²) < 4.78 is 58.8. The molecular formula is C20H26N4O7S2. The number of carbonyl (C=O) groups excluding carboxylic acids is 2. The van der Waals surface area contributed by atoms with Crippen LogP contribution in [0.25, 0.3) is 0 Å². The molecule has 2 aromatic rings. The summed E-state index contributed by atoms with van der Waals surface area (Å²) in [4.78, 5) is 28.3. The average molecular weight is 499 g/mol. The maximum Gasteiger partial charge on any atom is 0.307 e. The maximum absolute atomic E-state index is 12.4. The molecule has 13 heteroatoms. The molecule has 0 radical (unpaired) electrons. The van der Waals surface area contributed by atoms with E-state index in [1.807, 2.05) is 0 Å². The van der Waals surface area contributed by atoms with E-state index in [0.717, 1.165) is 5.56 Å². The van der Waals surface area contributed by atoms with Crippen LogP contribution in [0.4, 0.5) is 5.69 Å². The normalized spacial score (nSPS) is 13.7. The first-order valence-electron chi connectivity index (χ1n) is 10.3. The number of Topliss-reactive ketones (excluding diaryl/α,β-unsaturated/α-hetero) is 1. The fourth-order valence-electron chi connectivity index (χ4n) is 3.31. The molecule has 3 rings (SSSR count). The third-order valence-electron chi connectivity index (χ3n) is 5.30. The lowest BCUT2D eigenvalue weighted by atomic mass is 10.1. The Morgan fingerprint density at radius 2 is 1.94 bits per heavy atom. The molecule has 0 spiro atoms. The van der Waals surface area contributed by atoms with E-state index in [4.69, 9.17) is 4.74 Å². The number of ether oxygens (including phenoxy) is 1. The van der Waals surface area contributed by atoms with E-state index in [2.05, 4.69) is 9.71 Å². The van der Waals surface area contributed by atoms with Crippen LogP contribution >= 0.6 is 0 Å². The molecule has 0 amide bonds. The molecule has 0 unspecified atom stereocenters. The van der Waals surface area contributed by atoms with Crippen LogP contribution in [-0.4, -0.2) is 63.6 Å². The second-order valence-corrected chi connectivity index (χ2v) is 11.4. The third-order valence-corrected chi connectivity index (χ3v) is 8.41. The Bertz CT molecular complexity index is 1260. The molecule has 2 heterocycles. The average Bonchev–Trinajstić information content (AvgIpc) is 3.35. The van der Waals surface area contributed by atoms with Crippen molar-refractivity contribution in [2.75, 3.05) is 29.8 Å². The number of anilines is 1. The van der Waals surface area contributed by atoms with Crippen LogP contribution in [0.15, 0.2) is 29.4 Å². The zero-order valence-corrected chi connectivity index (χ0v) is 20.2. The molecule has 1 aliphatic heterocycles. The first-order chi connectivity index (χ1) is 15.4. The fraction of sp³-hybridized carbons (Fsp3) is 0.450. The molecule has 0 atom stereocenters. The number of carbonyl (C=O) groups is 2. The van der Waals surface area contributed by atoms with Gasteiger partial charge in [-0.2, -0.15) is 0 Å². The van der Waals surface area contributed by atoms with E-state index in [-0.39, 0.29) is 23.7 Å². The van der Waals surface area contributed by atoms with Crippen molar-refractivity contribution in [3.8, 4) is 0 Å². The Labute approximate surface area is 192 Å². The van der Waals surface area contributed by atoms with Gasteiger partial charge in [0.1, 0.15) is 5.82 Å². The van der Waals surface area contributed by atoms with Gasteiger partial charge < -0.3 is 9.30 Å². The number of hydrogen-bond donors (Lipinski definition) is 1. The second kappa shape index (κ2) is 9.61. The van der Waals surface area contributed by atoms with Crippen LogP contribution in [0.5, 0.6) is 0 Å². The summed E-state index contributed by atoms with van der Waals surface area (Å²) in [5, 5.41) is -0.145. The molecule has 0 saturated heterocycles. The molecule has 1 N–H and O–H groups in total. The molecule has 33 heavy (non-hydrogen) atoms. The fourth-order valence-corrected chi connectivity index (χ4v) is 5.54. The largest absolute Gasteiger partial charge is 0.457 e. The molecular weight excluding hydrogens is 472 g/mol. The number of esters is 1. The van der Waals surface area contributed by atoms with Gasteiger partial charge in [-0.25, -0.2) is 26.5 Å². The van der Waals surface area contributed by atoms with Crippen molar-refractivity contribution in [1.82, 2.24) is 14.3 Å². The quantitative estimate of drug-likeness (QED) is 0.369. The lowest BCUT2D eigenvalue weighted by Gasteiger charge is -2.18. The minimum absolute atomic E-state index is 0.0132. The van der Waals surface area contributed by atoms with Crippen molar-refractivity contribution < 1.29 is 31.2 Å². The lowest BCUT2D eigenvalue weighted by molar-refractivity contribution is -0.142. The predicted molar refractivity (Wildman–Crippen MR) is 120 cm³/mol. The summed E-state index contributed by atoms with van der Waals surface area (Å²) in [7, 11) is -5.57. The Kier molecular flexibility index (Phi) is 7.24. The number of nitrogens with zero attached hydrogens (tertiary/aromatic N) is 3. The van der Waals surface area contributed by atoms with Gasteiger partial charge in [-0.05, 0) is 44.0 Å². The van der Waals surface area contributed by atoms with Gasteiger partial charge in [0.2, 0.25) is 10.0 Å². The van der Waals surface area contributed by atoms with Crippen molar-refractivity contribution in [3.05, 3.63) is 41.3 Å². The number of fused-ring (bicyclic) bond motifs is 1. The van der Waals surface area contributed by atoms with Gasteiger partial charge in [0.05, 0.1) is 17.9 Å². The van der Waals surface area contributed by atoms with Crippen molar-refractivity contribution in [2.24, 2.45) is 7.05 Å². The standard InChI is InChI=1S/C20H26N4O7S2/c1-4-32(27,28)24-10-8-15-11-16(5-6-17(15)24)18(25)13-31-20(26)7-9-21-33(29,30)19-12-23(3)14(2)22-19/h5-6,11-12,21H,4,7-10,13H2,1-3H3. The van der Waals surface area contributed by atoms with E-state index >= 15 is 0 Å². The van der Waals surface area contributed by atoms with Gasteiger partial charge in [0.15, 0.2) is 17.4 Å². The summed E-state index contributed by atoms with van der Waals surface area (Å²) >= 11 is 0. The zero-order chi connectivity index (χ0) is 24.4. The van der Waals surface area contributed by atoms with Gasteiger partial charge in [-0.1, -0.05) is 0 Å². The zero-order valence-electron chi connectivity index (χ0n) is 18.6. The number of sulfonamides is 2.